The van der Waals surface area contributed by atoms with Crippen molar-refractivity contribution >= 4 is 5.91 Å². The van der Waals surface area contributed by atoms with E-state index in [1.807, 2.05) is 30.2 Å². The van der Waals surface area contributed by atoms with Crippen LogP contribution in [0.4, 0.5) is 0 Å². The number of nitrogens with two attached hydrogens (primary N) is 1. The maximum absolute atomic E-state index is 12.8. The van der Waals surface area contributed by atoms with Crippen LogP contribution in [0.3, 0.4) is 0 Å². The Morgan fingerprint density at radius 2 is 2.16 bits per heavy atom. The Labute approximate surface area is 114 Å². The first kappa shape index (κ1) is 12.7. The van der Waals surface area contributed by atoms with Gasteiger partial charge in [0.2, 0.25) is 0 Å². The van der Waals surface area contributed by atoms with Gasteiger partial charge in [-0.1, -0.05) is 0 Å². The van der Waals surface area contributed by atoms with Gasteiger partial charge in [-0.25, -0.2) is 0 Å². The third-order valence-electron chi connectivity index (χ3n) is 4.36. The first-order valence-corrected chi connectivity index (χ1v) is 7.42. The van der Waals surface area contributed by atoms with Crippen LogP contribution in [-0.4, -0.2) is 34.0 Å². The Balaban J connectivity index is 1.83. The number of aromatic nitrogens is 1. The molecular weight excluding hydrogens is 238 g/mol. The largest absolute Gasteiger partial charge is 0.340 e. The Kier molecular flexibility index (Phi) is 3.35. The fourth-order valence-electron chi connectivity index (χ4n) is 3.15. The van der Waals surface area contributed by atoms with Crippen molar-refractivity contribution in [1.29, 1.82) is 0 Å². The number of carbonyl (C=O) groups excluding carboxylic acids is 1. The molecule has 104 valence electrons. The van der Waals surface area contributed by atoms with Crippen molar-refractivity contribution in [3.05, 3.63) is 24.0 Å². The summed E-state index contributed by atoms with van der Waals surface area (Å²) in [5.41, 5.74) is 6.90. The van der Waals surface area contributed by atoms with Gasteiger partial charge in [0, 0.05) is 30.9 Å². The highest BCUT2D eigenvalue weighted by Crippen LogP contribution is 2.36. The van der Waals surface area contributed by atoms with E-state index in [4.69, 9.17) is 5.73 Å². The van der Waals surface area contributed by atoms with E-state index in [1.54, 1.807) is 0 Å². The van der Waals surface area contributed by atoms with Crippen LogP contribution >= 0.6 is 0 Å². The predicted molar refractivity (Wildman–Crippen MR) is 75.0 cm³/mol. The number of hydrogen-bond donors (Lipinski definition) is 1. The Bertz CT molecular complexity index is 462. The Morgan fingerprint density at radius 3 is 2.84 bits per heavy atom. The molecule has 0 bridgehead atoms. The van der Waals surface area contributed by atoms with Gasteiger partial charge < -0.3 is 15.2 Å². The summed E-state index contributed by atoms with van der Waals surface area (Å²) in [6.45, 7) is 2.86. The lowest BCUT2D eigenvalue weighted by Gasteiger charge is -2.38. The molecule has 4 heteroatoms. The third-order valence-corrected chi connectivity index (χ3v) is 4.36. The Hall–Kier alpha value is -1.29. The van der Waals surface area contributed by atoms with Crippen LogP contribution in [-0.2, 0) is 0 Å². The van der Waals surface area contributed by atoms with Crippen molar-refractivity contribution < 1.29 is 4.79 Å². The quantitative estimate of drug-likeness (QED) is 0.906. The second-order valence-corrected chi connectivity index (χ2v) is 5.95. The van der Waals surface area contributed by atoms with Crippen LogP contribution in [0.1, 0.15) is 55.6 Å². The van der Waals surface area contributed by atoms with Crippen LogP contribution in [0, 0.1) is 0 Å². The minimum atomic E-state index is 0.0496. The smallest absolute Gasteiger partial charge is 0.270 e. The molecule has 2 aliphatic rings. The van der Waals surface area contributed by atoms with Gasteiger partial charge in [-0.15, -0.1) is 0 Å². The van der Waals surface area contributed by atoms with Crippen molar-refractivity contribution in [2.24, 2.45) is 5.73 Å². The van der Waals surface area contributed by atoms with E-state index in [1.165, 1.54) is 19.3 Å². The molecule has 19 heavy (non-hydrogen) atoms. The van der Waals surface area contributed by atoms with Crippen LogP contribution < -0.4 is 5.73 Å². The van der Waals surface area contributed by atoms with Crippen molar-refractivity contribution in [3.8, 4) is 0 Å². The van der Waals surface area contributed by atoms with Crippen molar-refractivity contribution in [1.82, 2.24) is 9.47 Å². The zero-order chi connectivity index (χ0) is 13.4. The second-order valence-electron chi connectivity index (χ2n) is 5.95. The summed E-state index contributed by atoms with van der Waals surface area (Å²) in [6, 6.07) is 4.73. The van der Waals surface area contributed by atoms with Gasteiger partial charge in [0.1, 0.15) is 5.69 Å². The normalized spacial score (nSPS) is 25.4. The van der Waals surface area contributed by atoms with Gasteiger partial charge in [-0.3, -0.25) is 4.79 Å². The van der Waals surface area contributed by atoms with Gasteiger partial charge in [0.15, 0.2) is 0 Å². The fraction of sp³-hybridized carbons (Fsp3) is 0.667. The van der Waals surface area contributed by atoms with Gasteiger partial charge in [-0.2, -0.15) is 0 Å². The topological polar surface area (TPSA) is 51.3 Å². The molecule has 2 atom stereocenters. The summed E-state index contributed by atoms with van der Waals surface area (Å²) < 4.78 is 2.15. The van der Waals surface area contributed by atoms with E-state index < -0.39 is 0 Å². The van der Waals surface area contributed by atoms with Gasteiger partial charge in [0.25, 0.3) is 5.91 Å². The summed E-state index contributed by atoms with van der Waals surface area (Å²) in [5.74, 6) is 0.166. The van der Waals surface area contributed by atoms with Gasteiger partial charge in [0.05, 0.1) is 0 Å². The van der Waals surface area contributed by atoms with Crippen molar-refractivity contribution in [3.63, 3.8) is 0 Å². The summed E-state index contributed by atoms with van der Waals surface area (Å²) in [5, 5.41) is 0. The number of piperidine rings is 1. The van der Waals surface area contributed by atoms with E-state index in [2.05, 4.69) is 4.57 Å². The Morgan fingerprint density at radius 1 is 1.37 bits per heavy atom. The van der Waals surface area contributed by atoms with Gasteiger partial charge in [-0.05, 0) is 51.2 Å². The minimum Gasteiger partial charge on any atom is -0.340 e. The van der Waals surface area contributed by atoms with E-state index in [9.17, 15) is 4.79 Å². The molecule has 1 aliphatic heterocycles. The molecule has 1 amide bonds. The lowest BCUT2D eigenvalue weighted by molar-refractivity contribution is 0.0572. The number of hydrogen-bond acceptors (Lipinski definition) is 2. The molecule has 1 aromatic heterocycles. The molecule has 2 heterocycles. The molecular formula is C15H23N3O. The first-order chi connectivity index (χ1) is 9.18. The molecule has 3 rings (SSSR count). The van der Waals surface area contributed by atoms with Gasteiger partial charge >= 0.3 is 0 Å². The van der Waals surface area contributed by atoms with E-state index in [0.29, 0.717) is 6.04 Å². The van der Waals surface area contributed by atoms with E-state index >= 15 is 0 Å². The van der Waals surface area contributed by atoms with Crippen LogP contribution in [0.2, 0.25) is 0 Å². The molecule has 0 spiro atoms. The van der Waals surface area contributed by atoms with Crippen molar-refractivity contribution in [2.45, 2.75) is 57.2 Å². The summed E-state index contributed by atoms with van der Waals surface area (Å²) in [7, 11) is 0. The highest BCUT2D eigenvalue weighted by atomic mass is 16.2. The number of carbonyl (C=O) groups is 1. The summed E-state index contributed by atoms with van der Waals surface area (Å²) in [6.07, 6.45) is 7.75. The lowest BCUT2D eigenvalue weighted by atomic mass is 9.96. The minimum absolute atomic E-state index is 0.0496. The predicted octanol–water partition coefficient (Wildman–Crippen LogP) is 2.16. The zero-order valence-electron chi connectivity index (χ0n) is 11.6. The lowest BCUT2D eigenvalue weighted by Crippen LogP contribution is -2.52. The number of amides is 1. The SMILES string of the molecule is CC(N)C1CCCCN1C(=O)c1cccn1C1CC1. The second kappa shape index (κ2) is 5.00. The fourth-order valence-corrected chi connectivity index (χ4v) is 3.15. The van der Waals surface area contributed by atoms with E-state index in [0.717, 1.165) is 25.1 Å². The molecule has 2 fully saturated rings. The molecule has 0 aromatic carbocycles. The molecule has 2 N–H and O–H groups in total. The molecule has 1 saturated heterocycles. The molecule has 2 unspecified atom stereocenters. The molecule has 0 radical (unpaired) electrons. The maximum atomic E-state index is 12.8. The van der Waals surface area contributed by atoms with Crippen LogP contribution in [0.15, 0.2) is 18.3 Å². The monoisotopic (exact) mass is 261 g/mol. The zero-order valence-corrected chi connectivity index (χ0v) is 11.6. The first-order valence-electron chi connectivity index (χ1n) is 7.42. The molecule has 1 saturated carbocycles. The highest BCUT2D eigenvalue weighted by Gasteiger charge is 2.33. The number of nitrogens with zero attached hydrogens (tertiary/aromatic N) is 2. The summed E-state index contributed by atoms with van der Waals surface area (Å²) in [4.78, 5) is 14.8. The molecule has 1 aliphatic carbocycles. The summed E-state index contributed by atoms with van der Waals surface area (Å²) >= 11 is 0. The highest BCUT2D eigenvalue weighted by molar-refractivity contribution is 5.93. The average Bonchev–Trinajstić information content (AvgIpc) is 3.15. The third kappa shape index (κ3) is 2.41. The average molecular weight is 261 g/mol. The van der Waals surface area contributed by atoms with Crippen LogP contribution in [0.5, 0.6) is 0 Å². The number of likely N-dealkylation sites (tertiary alicyclic amines) is 1. The standard InChI is InChI=1S/C15H23N3O/c1-11(16)13-5-2-3-9-18(13)15(19)14-6-4-10-17(14)12-7-8-12/h4,6,10-13H,2-3,5,7-9,16H2,1H3. The van der Waals surface area contributed by atoms with E-state index in [-0.39, 0.29) is 18.0 Å². The number of rotatable bonds is 3. The van der Waals surface area contributed by atoms with Crippen molar-refractivity contribution in [2.75, 3.05) is 6.54 Å². The van der Waals surface area contributed by atoms with Crippen LogP contribution in [0.25, 0.3) is 0 Å². The molecule has 1 aromatic rings. The maximum Gasteiger partial charge on any atom is 0.270 e. The molecule has 4 nitrogen and oxygen atoms in total.